The Hall–Kier alpha value is -2.28. The fraction of sp³-hybridized carbons (Fsp3) is 0.412. The molecule has 21 heavy (non-hydrogen) atoms. The largest absolute Gasteiger partial charge is 0.478 e. The van der Waals surface area contributed by atoms with Crippen molar-refractivity contribution < 1.29 is 14.7 Å². The summed E-state index contributed by atoms with van der Waals surface area (Å²) >= 11 is 0. The van der Waals surface area contributed by atoms with Gasteiger partial charge in [0.1, 0.15) is 0 Å². The van der Waals surface area contributed by atoms with Gasteiger partial charge in [-0.1, -0.05) is 25.2 Å². The number of carboxylic acids is 1. The van der Waals surface area contributed by atoms with E-state index in [-0.39, 0.29) is 17.5 Å². The third-order valence-corrected chi connectivity index (χ3v) is 3.92. The summed E-state index contributed by atoms with van der Waals surface area (Å²) in [4.78, 5) is 25.2. The van der Waals surface area contributed by atoms with Crippen molar-refractivity contribution in [3.8, 4) is 12.3 Å². The Balaban J connectivity index is 2.17. The topological polar surface area (TPSA) is 57.6 Å². The number of terminal acetylenes is 1. The van der Waals surface area contributed by atoms with Crippen LogP contribution in [-0.4, -0.2) is 34.5 Å². The fourth-order valence-electron chi connectivity index (χ4n) is 2.78. The molecule has 1 amide bonds. The summed E-state index contributed by atoms with van der Waals surface area (Å²) in [5.74, 6) is 1.44. The molecular weight excluding hydrogens is 266 g/mol. The molecule has 4 nitrogen and oxygen atoms in total. The zero-order valence-corrected chi connectivity index (χ0v) is 11.9. The molecule has 0 aromatic heterocycles. The molecule has 0 atom stereocenters. The molecule has 1 aromatic carbocycles. The van der Waals surface area contributed by atoms with E-state index >= 15 is 0 Å². The predicted molar refractivity (Wildman–Crippen MR) is 80.1 cm³/mol. The number of carbonyl (C=O) groups excluding carboxylic acids is 1. The van der Waals surface area contributed by atoms with Gasteiger partial charge in [-0.15, -0.1) is 6.42 Å². The summed E-state index contributed by atoms with van der Waals surface area (Å²) in [6.07, 6.45) is 10.8. The van der Waals surface area contributed by atoms with Crippen LogP contribution in [0.1, 0.15) is 52.8 Å². The number of aromatic carboxylic acids is 1. The second-order valence-corrected chi connectivity index (χ2v) is 5.31. The molecule has 0 spiro atoms. The van der Waals surface area contributed by atoms with Crippen molar-refractivity contribution in [3.63, 3.8) is 0 Å². The highest BCUT2D eigenvalue weighted by Gasteiger charge is 2.25. The van der Waals surface area contributed by atoms with Crippen molar-refractivity contribution in [3.05, 3.63) is 35.4 Å². The Morgan fingerprint density at radius 1 is 1.14 bits per heavy atom. The highest BCUT2D eigenvalue weighted by molar-refractivity contribution is 5.96. The zero-order valence-electron chi connectivity index (χ0n) is 11.9. The van der Waals surface area contributed by atoms with Gasteiger partial charge in [0.25, 0.3) is 5.91 Å². The smallest absolute Gasteiger partial charge is 0.335 e. The molecule has 110 valence electrons. The maximum atomic E-state index is 12.6. The van der Waals surface area contributed by atoms with Gasteiger partial charge in [0.2, 0.25) is 0 Å². The van der Waals surface area contributed by atoms with Crippen molar-refractivity contribution in [1.29, 1.82) is 0 Å². The third kappa shape index (κ3) is 3.63. The number of nitrogens with zero attached hydrogens (tertiary/aromatic N) is 1. The fourth-order valence-corrected chi connectivity index (χ4v) is 2.78. The molecule has 0 aliphatic heterocycles. The normalized spacial score (nSPS) is 15.2. The summed E-state index contributed by atoms with van der Waals surface area (Å²) in [6, 6.07) is 6.20. The number of amides is 1. The molecule has 0 unspecified atom stereocenters. The summed E-state index contributed by atoms with van der Waals surface area (Å²) < 4.78 is 0. The highest BCUT2D eigenvalue weighted by Crippen LogP contribution is 2.24. The lowest BCUT2D eigenvalue weighted by Gasteiger charge is -2.33. The van der Waals surface area contributed by atoms with Crippen LogP contribution in [0.25, 0.3) is 0 Å². The molecule has 0 bridgehead atoms. The average molecular weight is 285 g/mol. The van der Waals surface area contributed by atoms with Gasteiger partial charge in [0, 0.05) is 11.6 Å². The molecule has 1 fully saturated rings. The number of benzene rings is 1. The first kappa shape index (κ1) is 15.1. The highest BCUT2D eigenvalue weighted by atomic mass is 16.4. The van der Waals surface area contributed by atoms with Crippen molar-refractivity contribution >= 4 is 11.9 Å². The van der Waals surface area contributed by atoms with E-state index < -0.39 is 5.97 Å². The van der Waals surface area contributed by atoms with Crippen LogP contribution < -0.4 is 0 Å². The van der Waals surface area contributed by atoms with E-state index in [9.17, 15) is 9.59 Å². The molecule has 2 rings (SSSR count). The standard InChI is InChI=1S/C17H19NO3/c1-2-12-18(15-6-4-3-5-7-15)16(19)13-8-10-14(11-9-13)17(20)21/h1,8-11,15H,3-7,12H2,(H,20,21). The number of carbonyl (C=O) groups is 2. The van der Waals surface area contributed by atoms with Crippen molar-refractivity contribution in [2.24, 2.45) is 0 Å². The minimum atomic E-state index is -0.998. The Labute approximate surface area is 124 Å². The number of hydrogen-bond donors (Lipinski definition) is 1. The quantitative estimate of drug-likeness (QED) is 0.865. The Morgan fingerprint density at radius 2 is 1.71 bits per heavy atom. The van der Waals surface area contributed by atoms with E-state index in [1.54, 1.807) is 17.0 Å². The zero-order chi connectivity index (χ0) is 15.2. The lowest BCUT2D eigenvalue weighted by Crippen LogP contribution is -2.41. The van der Waals surface area contributed by atoms with Gasteiger partial charge in [-0.05, 0) is 37.1 Å². The summed E-state index contributed by atoms with van der Waals surface area (Å²) in [5.41, 5.74) is 0.661. The minimum Gasteiger partial charge on any atom is -0.478 e. The third-order valence-electron chi connectivity index (χ3n) is 3.92. The van der Waals surface area contributed by atoms with E-state index in [0.29, 0.717) is 12.1 Å². The summed E-state index contributed by atoms with van der Waals surface area (Å²) in [7, 11) is 0. The Bertz CT molecular complexity index is 550. The van der Waals surface area contributed by atoms with E-state index in [1.165, 1.54) is 18.6 Å². The van der Waals surface area contributed by atoms with Crippen LogP contribution in [0.4, 0.5) is 0 Å². The Kier molecular flexibility index (Phi) is 4.99. The van der Waals surface area contributed by atoms with Crippen LogP contribution in [-0.2, 0) is 0 Å². The monoisotopic (exact) mass is 285 g/mol. The van der Waals surface area contributed by atoms with Gasteiger partial charge in [-0.25, -0.2) is 4.79 Å². The van der Waals surface area contributed by atoms with Crippen LogP contribution >= 0.6 is 0 Å². The van der Waals surface area contributed by atoms with Gasteiger partial charge in [0.15, 0.2) is 0 Å². The molecule has 1 saturated carbocycles. The van der Waals surface area contributed by atoms with Gasteiger partial charge >= 0.3 is 5.97 Å². The van der Waals surface area contributed by atoms with E-state index in [4.69, 9.17) is 11.5 Å². The molecular formula is C17H19NO3. The lowest BCUT2D eigenvalue weighted by molar-refractivity contribution is 0.0662. The van der Waals surface area contributed by atoms with Crippen LogP contribution in [0.15, 0.2) is 24.3 Å². The lowest BCUT2D eigenvalue weighted by atomic mass is 9.93. The molecule has 4 heteroatoms. The van der Waals surface area contributed by atoms with Crippen LogP contribution in [0.3, 0.4) is 0 Å². The van der Waals surface area contributed by atoms with Crippen LogP contribution in [0.5, 0.6) is 0 Å². The Morgan fingerprint density at radius 3 is 2.24 bits per heavy atom. The van der Waals surface area contributed by atoms with Gasteiger partial charge in [-0.3, -0.25) is 4.79 Å². The van der Waals surface area contributed by atoms with Crippen molar-refractivity contribution in [2.45, 2.75) is 38.1 Å². The molecule has 0 radical (unpaired) electrons. The first-order valence-corrected chi connectivity index (χ1v) is 7.21. The van der Waals surface area contributed by atoms with Crippen molar-refractivity contribution in [1.82, 2.24) is 4.90 Å². The first-order valence-electron chi connectivity index (χ1n) is 7.21. The molecule has 0 heterocycles. The van der Waals surface area contributed by atoms with Crippen LogP contribution in [0.2, 0.25) is 0 Å². The average Bonchev–Trinajstić information content (AvgIpc) is 2.53. The summed E-state index contributed by atoms with van der Waals surface area (Å²) in [6.45, 7) is 0.296. The molecule has 1 aromatic rings. The maximum Gasteiger partial charge on any atom is 0.335 e. The second kappa shape index (κ2) is 6.94. The van der Waals surface area contributed by atoms with Gasteiger partial charge in [0.05, 0.1) is 12.1 Å². The minimum absolute atomic E-state index is 0.114. The second-order valence-electron chi connectivity index (χ2n) is 5.31. The predicted octanol–water partition coefficient (Wildman–Crippen LogP) is 2.79. The van der Waals surface area contributed by atoms with E-state index in [2.05, 4.69) is 5.92 Å². The van der Waals surface area contributed by atoms with E-state index in [0.717, 1.165) is 25.7 Å². The number of rotatable bonds is 4. The molecule has 1 N–H and O–H groups in total. The van der Waals surface area contributed by atoms with Crippen LogP contribution in [0, 0.1) is 12.3 Å². The van der Waals surface area contributed by atoms with E-state index in [1.807, 2.05) is 0 Å². The molecule has 1 aliphatic rings. The number of carboxylic acid groups (broad SMARTS) is 1. The first-order chi connectivity index (χ1) is 10.1. The van der Waals surface area contributed by atoms with Crippen molar-refractivity contribution in [2.75, 3.05) is 6.54 Å². The number of hydrogen-bond acceptors (Lipinski definition) is 2. The van der Waals surface area contributed by atoms with Gasteiger partial charge in [-0.2, -0.15) is 0 Å². The SMILES string of the molecule is C#CCN(C(=O)c1ccc(C(=O)O)cc1)C1CCCCC1. The van der Waals surface area contributed by atoms with Gasteiger partial charge < -0.3 is 10.0 Å². The summed E-state index contributed by atoms with van der Waals surface area (Å²) in [5, 5.41) is 8.89. The maximum absolute atomic E-state index is 12.6. The molecule has 1 aliphatic carbocycles. The molecule has 0 saturated heterocycles.